The molecule has 0 amide bonds. The number of aromatic amines is 2. The van der Waals surface area contributed by atoms with Crippen LogP contribution in [0.5, 0.6) is 0 Å². The minimum Gasteiger partial charge on any atom is -0.355 e. The number of hydrogen-bond donors (Lipinski definition) is 2. The van der Waals surface area contributed by atoms with E-state index in [2.05, 4.69) is 9.97 Å². The molecule has 4 heteroatoms. The van der Waals surface area contributed by atoms with Crippen LogP contribution in [0.15, 0.2) is 30.3 Å². The van der Waals surface area contributed by atoms with Gasteiger partial charge in [-0.05, 0) is 45.1 Å². The summed E-state index contributed by atoms with van der Waals surface area (Å²) in [7, 11) is 0. The Morgan fingerprint density at radius 3 is 2.54 bits per heavy atom. The third kappa shape index (κ3) is 2.39. The summed E-state index contributed by atoms with van der Waals surface area (Å²) in [4.78, 5) is 24.0. The molecule has 122 valence electrons. The molecule has 3 aromatic rings. The van der Waals surface area contributed by atoms with E-state index in [0.29, 0.717) is 0 Å². The van der Waals surface area contributed by atoms with E-state index in [-0.39, 0.29) is 5.78 Å². The Labute approximate surface area is 141 Å². The zero-order chi connectivity index (χ0) is 16.7. The van der Waals surface area contributed by atoms with Gasteiger partial charge in [0, 0.05) is 22.5 Å². The number of carbonyl (C=O) groups excluding carboxylic acids is 1. The highest BCUT2D eigenvalue weighted by atomic mass is 16.1. The molecule has 4 rings (SSSR count). The lowest BCUT2D eigenvalue weighted by atomic mass is 9.98. The lowest BCUT2D eigenvalue weighted by Crippen LogP contribution is -2.00. The van der Waals surface area contributed by atoms with Crippen molar-refractivity contribution in [2.75, 3.05) is 0 Å². The van der Waals surface area contributed by atoms with Gasteiger partial charge in [-0.3, -0.25) is 4.79 Å². The van der Waals surface area contributed by atoms with Crippen LogP contribution in [0.4, 0.5) is 0 Å². The van der Waals surface area contributed by atoms with Crippen molar-refractivity contribution in [3.8, 4) is 22.6 Å². The summed E-state index contributed by atoms with van der Waals surface area (Å²) in [5.74, 6) is 0.918. The van der Waals surface area contributed by atoms with Gasteiger partial charge >= 0.3 is 0 Å². The summed E-state index contributed by atoms with van der Waals surface area (Å²) in [5.41, 5.74) is 6.97. The van der Waals surface area contributed by atoms with Crippen molar-refractivity contribution in [1.82, 2.24) is 15.0 Å². The highest BCUT2D eigenvalue weighted by Gasteiger charge is 2.24. The van der Waals surface area contributed by atoms with Crippen molar-refractivity contribution >= 4 is 5.78 Å². The predicted molar refractivity (Wildman–Crippen MR) is 95.2 cm³/mol. The Balaban J connectivity index is 1.94. The minimum absolute atomic E-state index is 0.0742. The van der Waals surface area contributed by atoms with Crippen molar-refractivity contribution in [2.45, 2.75) is 39.5 Å². The highest BCUT2D eigenvalue weighted by molar-refractivity contribution is 6.05. The van der Waals surface area contributed by atoms with E-state index >= 15 is 0 Å². The molecule has 2 heterocycles. The SMILES string of the molecule is CC(=O)c1c(C)[nH]c(-c2nc3c([nH]2)CCCC3)c1-c1ccccc1. The number of H-pyrrole nitrogens is 2. The third-order valence-electron chi connectivity index (χ3n) is 4.79. The van der Waals surface area contributed by atoms with Crippen molar-refractivity contribution in [2.24, 2.45) is 0 Å². The molecule has 4 nitrogen and oxygen atoms in total. The first kappa shape index (κ1) is 14.9. The number of Topliss-reactive ketones (excluding diaryl/α,β-unsaturated/α-hetero) is 1. The largest absolute Gasteiger partial charge is 0.355 e. The number of ketones is 1. The maximum absolute atomic E-state index is 12.2. The van der Waals surface area contributed by atoms with E-state index in [9.17, 15) is 4.79 Å². The number of benzene rings is 1. The number of hydrogen-bond acceptors (Lipinski definition) is 2. The van der Waals surface area contributed by atoms with Crippen LogP contribution in [-0.2, 0) is 12.8 Å². The maximum Gasteiger partial charge on any atom is 0.162 e. The van der Waals surface area contributed by atoms with Crippen LogP contribution in [-0.4, -0.2) is 20.7 Å². The van der Waals surface area contributed by atoms with Crippen LogP contribution < -0.4 is 0 Å². The zero-order valence-electron chi connectivity index (χ0n) is 14.1. The van der Waals surface area contributed by atoms with Crippen LogP contribution in [0, 0.1) is 6.92 Å². The van der Waals surface area contributed by atoms with Crippen LogP contribution in [0.2, 0.25) is 0 Å². The summed E-state index contributed by atoms with van der Waals surface area (Å²) in [6, 6.07) is 10.1. The van der Waals surface area contributed by atoms with E-state index < -0.39 is 0 Å². The first-order valence-corrected chi connectivity index (χ1v) is 8.52. The van der Waals surface area contributed by atoms with E-state index in [1.165, 1.54) is 24.2 Å². The predicted octanol–water partition coefficient (Wildman–Crippen LogP) is 4.46. The molecule has 0 atom stereocenters. The van der Waals surface area contributed by atoms with E-state index in [1.807, 2.05) is 37.3 Å². The molecule has 0 fully saturated rings. The molecule has 0 radical (unpaired) electrons. The number of imidazole rings is 1. The highest BCUT2D eigenvalue weighted by Crippen LogP contribution is 2.36. The summed E-state index contributed by atoms with van der Waals surface area (Å²) in [5, 5.41) is 0. The Morgan fingerprint density at radius 2 is 1.83 bits per heavy atom. The molecule has 2 aromatic heterocycles. The second-order valence-electron chi connectivity index (χ2n) is 6.51. The molecule has 0 spiro atoms. The molecule has 0 unspecified atom stereocenters. The molecule has 1 aromatic carbocycles. The van der Waals surface area contributed by atoms with Crippen LogP contribution in [0.1, 0.15) is 47.2 Å². The Morgan fingerprint density at radius 1 is 1.08 bits per heavy atom. The van der Waals surface area contributed by atoms with Crippen molar-refractivity contribution in [3.05, 3.63) is 53.0 Å². The van der Waals surface area contributed by atoms with Gasteiger partial charge in [0.2, 0.25) is 0 Å². The molecule has 0 saturated heterocycles. The average molecular weight is 319 g/mol. The molecule has 1 aliphatic rings. The summed E-state index contributed by atoms with van der Waals surface area (Å²) >= 11 is 0. The second kappa shape index (κ2) is 5.78. The van der Waals surface area contributed by atoms with Gasteiger partial charge in [0.25, 0.3) is 0 Å². The zero-order valence-corrected chi connectivity index (χ0v) is 14.1. The minimum atomic E-state index is 0.0742. The molecule has 0 aliphatic heterocycles. The number of nitrogens with one attached hydrogen (secondary N) is 2. The topological polar surface area (TPSA) is 61.5 Å². The van der Waals surface area contributed by atoms with Crippen molar-refractivity contribution in [3.63, 3.8) is 0 Å². The van der Waals surface area contributed by atoms with Gasteiger partial charge in [0.15, 0.2) is 11.6 Å². The fourth-order valence-electron chi connectivity index (χ4n) is 3.71. The molecule has 0 saturated carbocycles. The van der Waals surface area contributed by atoms with Crippen LogP contribution in [0.25, 0.3) is 22.6 Å². The van der Waals surface area contributed by atoms with Gasteiger partial charge < -0.3 is 9.97 Å². The number of nitrogens with zero attached hydrogens (tertiary/aromatic N) is 1. The third-order valence-corrected chi connectivity index (χ3v) is 4.79. The van der Waals surface area contributed by atoms with Crippen molar-refractivity contribution < 1.29 is 4.79 Å². The van der Waals surface area contributed by atoms with Crippen LogP contribution >= 0.6 is 0 Å². The normalized spacial score (nSPS) is 13.8. The van der Waals surface area contributed by atoms with Gasteiger partial charge in [-0.2, -0.15) is 0 Å². The summed E-state index contributed by atoms with van der Waals surface area (Å²) in [6.45, 7) is 3.58. The molecular formula is C20H21N3O. The molecule has 0 bridgehead atoms. The number of carbonyl (C=O) groups is 1. The fraction of sp³-hybridized carbons (Fsp3) is 0.300. The Kier molecular flexibility index (Phi) is 3.60. The van der Waals surface area contributed by atoms with E-state index in [0.717, 1.165) is 46.7 Å². The lowest BCUT2D eigenvalue weighted by Gasteiger charge is -2.07. The Hall–Kier alpha value is -2.62. The van der Waals surface area contributed by atoms with E-state index in [4.69, 9.17) is 4.98 Å². The number of rotatable bonds is 3. The number of aromatic nitrogens is 3. The molecule has 2 N–H and O–H groups in total. The first-order valence-electron chi connectivity index (χ1n) is 8.52. The average Bonchev–Trinajstić information content (AvgIpc) is 3.16. The maximum atomic E-state index is 12.2. The van der Waals surface area contributed by atoms with Gasteiger partial charge in [-0.25, -0.2) is 4.98 Å². The number of fused-ring (bicyclic) bond motifs is 1. The van der Waals surface area contributed by atoms with E-state index in [1.54, 1.807) is 6.92 Å². The van der Waals surface area contributed by atoms with Gasteiger partial charge in [-0.1, -0.05) is 30.3 Å². The van der Waals surface area contributed by atoms with Gasteiger partial charge in [0.1, 0.15) is 0 Å². The molecular weight excluding hydrogens is 298 g/mol. The van der Waals surface area contributed by atoms with Crippen molar-refractivity contribution in [1.29, 1.82) is 0 Å². The smallest absolute Gasteiger partial charge is 0.162 e. The summed E-state index contributed by atoms with van der Waals surface area (Å²) < 4.78 is 0. The first-order chi connectivity index (χ1) is 11.6. The fourth-order valence-corrected chi connectivity index (χ4v) is 3.71. The summed E-state index contributed by atoms with van der Waals surface area (Å²) in [6.07, 6.45) is 4.50. The van der Waals surface area contributed by atoms with Gasteiger partial charge in [0.05, 0.1) is 11.4 Å². The monoisotopic (exact) mass is 319 g/mol. The molecule has 24 heavy (non-hydrogen) atoms. The Bertz CT molecular complexity index is 879. The molecule has 1 aliphatic carbocycles. The second-order valence-corrected chi connectivity index (χ2v) is 6.51. The van der Waals surface area contributed by atoms with Crippen LogP contribution in [0.3, 0.4) is 0 Å². The standard InChI is InChI=1S/C20H21N3O/c1-12-17(13(2)24)18(14-8-4-3-5-9-14)19(21-12)20-22-15-10-6-7-11-16(15)23-20/h3-5,8-9,21H,6-7,10-11H2,1-2H3,(H,22,23). The van der Waals surface area contributed by atoms with Gasteiger partial charge in [-0.15, -0.1) is 0 Å². The number of aryl methyl sites for hydroxylation is 3. The quantitative estimate of drug-likeness (QED) is 0.700. The lowest BCUT2D eigenvalue weighted by molar-refractivity contribution is 0.101.